The second-order valence-electron chi connectivity index (χ2n) is 8.41. The topological polar surface area (TPSA) is 70.6 Å². The lowest BCUT2D eigenvalue weighted by atomic mass is 10.1. The molecule has 0 saturated carbocycles. The summed E-state index contributed by atoms with van der Waals surface area (Å²) in [6.45, 7) is 8.40. The molecule has 2 heterocycles. The maximum Gasteiger partial charge on any atom is 0.221 e. The van der Waals surface area contributed by atoms with Gasteiger partial charge >= 0.3 is 0 Å². The van der Waals surface area contributed by atoms with Gasteiger partial charge in [-0.1, -0.05) is 42.8 Å². The van der Waals surface area contributed by atoms with Crippen molar-refractivity contribution in [2.24, 2.45) is 0 Å². The Morgan fingerprint density at radius 3 is 2.65 bits per heavy atom. The van der Waals surface area contributed by atoms with E-state index < -0.39 is 0 Å². The minimum atomic E-state index is 0.0547. The number of carbonyl (C=O) groups is 1. The summed E-state index contributed by atoms with van der Waals surface area (Å²) in [5, 5.41) is 4.65. The minimum Gasteiger partial charge on any atom is -0.379 e. The van der Waals surface area contributed by atoms with Crippen LogP contribution in [0.15, 0.2) is 48.5 Å². The molecule has 7 nitrogen and oxygen atoms in total. The van der Waals surface area contributed by atoms with Crippen molar-refractivity contribution >= 4 is 34.2 Å². The van der Waals surface area contributed by atoms with E-state index in [0.717, 1.165) is 68.1 Å². The van der Waals surface area contributed by atoms with Gasteiger partial charge in [0.1, 0.15) is 5.82 Å². The molecule has 4 rings (SSSR count). The number of ether oxygens (including phenoxy) is 1. The third-order valence-electron chi connectivity index (χ3n) is 5.95. The number of rotatable bonds is 10. The highest BCUT2D eigenvalue weighted by Crippen LogP contribution is 2.31. The number of carbonyl (C=O) groups excluding carboxylic acids is 1. The summed E-state index contributed by atoms with van der Waals surface area (Å²) in [5.74, 6) is 1.48. The SMILES string of the molecule is CCCN(CCC(=O)NCCN1CCOCC1)c1nc(-c2ccccc2Cl)nc2ccccc12. The number of morpholine rings is 1. The van der Waals surface area contributed by atoms with Crippen LogP contribution in [-0.2, 0) is 9.53 Å². The van der Waals surface area contributed by atoms with Crippen LogP contribution in [0.2, 0.25) is 5.02 Å². The Morgan fingerprint density at radius 1 is 1.09 bits per heavy atom. The molecule has 0 unspecified atom stereocenters. The van der Waals surface area contributed by atoms with E-state index in [1.54, 1.807) is 0 Å². The second kappa shape index (κ2) is 12.1. The Bertz CT molecular complexity index is 1100. The van der Waals surface area contributed by atoms with Gasteiger partial charge in [-0.25, -0.2) is 9.97 Å². The van der Waals surface area contributed by atoms with Crippen LogP contribution in [0.5, 0.6) is 0 Å². The quantitative estimate of drug-likeness (QED) is 0.472. The van der Waals surface area contributed by atoms with Crippen LogP contribution in [0.25, 0.3) is 22.3 Å². The number of nitrogens with zero attached hydrogens (tertiary/aromatic N) is 4. The predicted molar refractivity (Wildman–Crippen MR) is 137 cm³/mol. The molecule has 0 spiro atoms. The smallest absolute Gasteiger partial charge is 0.221 e. The molecule has 0 aliphatic carbocycles. The van der Waals surface area contributed by atoms with E-state index in [2.05, 4.69) is 22.0 Å². The fraction of sp³-hybridized carbons (Fsp3) is 0.423. The second-order valence-corrected chi connectivity index (χ2v) is 8.82. The predicted octanol–water partition coefficient (Wildman–Crippen LogP) is 4.01. The van der Waals surface area contributed by atoms with Crippen LogP contribution < -0.4 is 10.2 Å². The van der Waals surface area contributed by atoms with Crippen molar-refractivity contribution in [2.45, 2.75) is 19.8 Å². The first kappa shape index (κ1) is 24.4. The van der Waals surface area contributed by atoms with Gasteiger partial charge in [-0.2, -0.15) is 0 Å². The average molecular weight is 482 g/mol. The number of hydrogen-bond donors (Lipinski definition) is 1. The Morgan fingerprint density at radius 2 is 1.85 bits per heavy atom. The zero-order chi connectivity index (χ0) is 23.8. The molecule has 1 aromatic heterocycles. The van der Waals surface area contributed by atoms with Crippen molar-refractivity contribution in [3.63, 3.8) is 0 Å². The van der Waals surface area contributed by atoms with E-state index in [0.29, 0.717) is 30.4 Å². The molecule has 1 aliphatic heterocycles. The van der Waals surface area contributed by atoms with Gasteiger partial charge in [-0.05, 0) is 30.7 Å². The molecule has 1 amide bonds. The van der Waals surface area contributed by atoms with Crippen LogP contribution in [0.1, 0.15) is 19.8 Å². The lowest BCUT2D eigenvalue weighted by Crippen LogP contribution is -2.41. The zero-order valence-electron chi connectivity index (χ0n) is 19.7. The minimum absolute atomic E-state index is 0.0547. The number of hydrogen-bond acceptors (Lipinski definition) is 6. The van der Waals surface area contributed by atoms with E-state index in [1.807, 2.05) is 48.5 Å². The molecule has 3 aromatic rings. The van der Waals surface area contributed by atoms with Crippen LogP contribution in [0.3, 0.4) is 0 Å². The number of nitrogens with one attached hydrogen (secondary N) is 1. The van der Waals surface area contributed by atoms with Gasteiger partial charge in [-0.15, -0.1) is 0 Å². The first-order valence-electron chi connectivity index (χ1n) is 12.0. The summed E-state index contributed by atoms with van der Waals surface area (Å²) >= 11 is 6.45. The van der Waals surface area contributed by atoms with Gasteiger partial charge in [0.2, 0.25) is 5.91 Å². The normalized spacial score (nSPS) is 14.3. The molecule has 180 valence electrons. The van der Waals surface area contributed by atoms with Gasteiger partial charge in [0.15, 0.2) is 5.82 Å². The highest BCUT2D eigenvalue weighted by atomic mass is 35.5. The number of anilines is 1. The molecule has 0 atom stereocenters. The van der Waals surface area contributed by atoms with E-state index in [9.17, 15) is 4.79 Å². The lowest BCUT2D eigenvalue weighted by Gasteiger charge is -2.27. The van der Waals surface area contributed by atoms with Gasteiger partial charge in [-0.3, -0.25) is 9.69 Å². The van der Waals surface area contributed by atoms with E-state index >= 15 is 0 Å². The lowest BCUT2D eigenvalue weighted by molar-refractivity contribution is -0.121. The van der Waals surface area contributed by atoms with Gasteiger partial charge in [0.05, 0.1) is 23.8 Å². The van der Waals surface area contributed by atoms with Crippen LogP contribution in [0.4, 0.5) is 5.82 Å². The van der Waals surface area contributed by atoms with Crippen molar-refractivity contribution in [1.82, 2.24) is 20.2 Å². The van der Waals surface area contributed by atoms with Crippen molar-refractivity contribution in [3.05, 3.63) is 53.6 Å². The Labute approximate surface area is 206 Å². The first-order valence-corrected chi connectivity index (χ1v) is 12.4. The molecule has 0 bridgehead atoms. The van der Waals surface area contributed by atoms with Crippen LogP contribution in [-0.4, -0.2) is 73.3 Å². The summed E-state index contributed by atoms with van der Waals surface area (Å²) in [7, 11) is 0. The maximum absolute atomic E-state index is 12.6. The van der Waals surface area contributed by atoms with E-state index in [1.165, 1.54) is 0 Å². The number of para-hydroxylation sites is 1. The summed E-state index contributed by atoms with van der Waals surface area (Å²) in [4.78, 5) is 26.8. The third kappa shape index (κ3) is 6.23. The number of amides is 1. The molecule has 1 N–H and O–H groups in total. The van der Waals surface area contributed by atoms with Crippen molar-refractivity contribution in [1.29, 1.82) is 0 Å². The number of benzene rings is 2. The molecule has 1 fully saturated rings. The average Bonchev–Trinajstić information content (AvgIpc) is 2.87. The van der Waals surface area contributed by atoms with Gasteiger partial charge in [0.25, 0.3) is 0 Å². The van der Waals surface area contributed by atoms with Crippen LogP contribution in [0, 0.1) is 0 Å². The molecule has 0 radical (unpaired) electrons. The number of fused-ring (bicyclic) bond motifs is 1. The highest BCUT2D eigenvalue weighted by molar-refractivity contribution is 6.33. The largest absolute Gasteiger partial charge is 0.379 e. The monoisotopic (exact) mass is 481 g/mol. The molecule has 8 heteroatoms. The molecular weight excluding hydrogens is 450 g/mol. The Balaban J connectivity index is 1.49. The van der Waals surface area contributed by atoms with Crippen molar-refractivity contribution in [2.75, 3.05) is 57.4 Å². The first-order chi connectivity index (χ1) is 16.7. The van der Waals surface area contributed by atoms with Gasteiger partial charge in [0, 0.05) is 56.6 Å². The third-order valence-corrected chi connectivity index (χ3v) is 6.28. The molecule has 1 aliphatic rings. The summed E-state index contributed by atoms with van der Waals surface area (Å²) in [6.07, 6.45) is 1.35. The van der Waals surface area contributed by atoms with Crippen LogP contribution >= 0.6 is 11.6 Å². The summed E-state index contributed by atoms with van der Waals surface area (Å²) in [6, 6.07) is 15.6. The van der Waals surface area contributed by atoms with E-state index in [4.69, 9.17) is 26.3 Å². The molecule has 34 heavy (non-hydrogen) atoms. The van der Waals surface area contributed by atoms with E-state index in [-0.39, 0.29) is 5.91 Å². The number of aromatic nitrogens is 2. The maximum atomic E-state index is 12.6. The highest BCUT2D eigenvalue weighted by Gasteiger charge is 2.17. The fourth-order valence-electron chi connectivity index (χ4n) is 4.16. The zero-order valence-corrected chi connectivity index (χ0v) is 20.4. The van der Waals surface area contributed by atoms with Gasteiger partial charge < -0.3 is 15.0 Å². The summed E-state index contributed by atoms with van der Waals surface area (Å²) in [5.41, 5.74) is 1.66. The molecular formula is C26H32ClN5O2. The number of halogens is 1. The van der Waals surface area contributed by atoms with Crippen molar-refractivity contribution < 1.29 is 9.53 Å². The fourth-order valence-corrected chi connectivity index (χ4v) is 4.38. The Kier molecular flexibility index (Phi) is 8.68. The van der Waals surface area contributed by atoms with Crippen molar-refractivity contribution in [3.8, 4) is 11.4 Å². The summed E-state index contributed by atoms with van der Waals surface area (Å²) < 4.78 is 5.38. The molecule has 2 aromatic carbocycles. The molecule has 1 saturated heterocycles. The standard InChI is InChI=1S/C26H32ClN5O2/c1-2-13-32(14-11-24(33)28-12-15-31-16-18-34-19-17-31)26-21-8-4-6-10-23(21)29-25(30-26)20-7-3-5-9-22(20)27/h3-10H,2,11-19H2,1H3,(H,28,33). The Hall–Kier alpha value is -2.74.